The molecule has 1 aromatic heterocycles. The average molecular weight is 210 g/mol. The molecule has 2 nitrogen and oxygen atoms in total. The lowest BCUT2D eigenvalue weighted by Gasteiger charge is -2.10. The first kappa shape index (κ1) is 10.1. The second-order valence-electron chi connectivity index (χ2n) is 3.94. The SMILES string of the molecule is CCc1ncsc1CNC1CCCC1. The Morgan fingerprint density at radius 1 is 1.50 bits per heavy atom. The normalized spacial score (nSPS) is 17.8. The molecule has 0 spiro atoms. The summed E-state index contributed by atoms with van der Waals surface area (Å²) in [5.41, 5.74) is 3.24. The Hall–Kier alpha value is -0.410. The number of aromatic nitrogens is 1. The van der Waals surface area contributed by atoms with Gasteiger partial charge in [-0.25, -0.2) is 4.98 Å². The lowest BCUT2D eigenvalue weighted by Crippen LogP contribution is -2.25. The van der Waals surface area contributed by atoms with Gasteiger partial charge in [0.05, 0.1) is 11.2 Å². The zero-order chi connectivity index (χ0) is 9.80. The van der Waals surface area contributed by atoms with Crippen LogP contribution in [0.1, 0.15) is 43.2 Å². The van der Waals surface area contributed by atoms with Crippen LogP contribution in [0, 0.1) is 0 Å². The standard InChI is InChI=1S/C11H18N2S/c1-2-10-11(14-8-13-10)7-12-9-5-3-4-6-9/h8-9,12H,2-7H2,1H3. The van der Waals surface area contributed by atoms with Crippen molar-refractivity contribution in [2.24, 2.45) is 0 Å². The van der Waals surface area contributed by atoms with E-state index in [0.717, 1.165) is 19.0 Å². The van der Waals surface area contributed by atoms with Gasteiger partial charge in [-0.1, -0.05) is 19.8 Å². The van der Waals surface area contributed by atoms with Gasteiger partial charge in [0.1, 0.15) is 0 Å². The molecule has 1 heterocycles. The van der Waals surface area contributed by atoms with Crippen molar-refractivity contribution in [1.29, 1.82) is 0 Å². The Balaban J connectivity index is 1.84. The Morgan fingerprint density at radius 2 is 2.29 bits per heavy atom. The molecule has 1 aliphatic carbocycles. The van der Waals surface area contributed by atoms with Crippen LogP contribution < -0.4 is 5.32 Å². The number of nitrogens with zero attached hydrogens (tertiary/aromatic N) is 1. The van der Waals surface area contributed by atoms with E-state index >= 15 is 0 Å². The van der Waals surface area contributed by atoms with Crippen LogP contribution in [0.3, 0.4) is 0 Å². The second kappa shape index (κ2) is 4.89. The molecule has 0 unspecified atom stereocenters. The van der Waals surface area contributed by atoms with Crippen LogP contribution in [0.25, 0.3) is 0 Å². The summed E-state index contributed by atoms with van der Waals surface area (Å²) in [6, 6.07) is 0.766. The number of nitrogens with one attached hydrogen (secondary N) is 1. The maximum Gasteiger partial charge on any atom is 0.0798 e. The predicted octanol–water partition coefficient (Wildman–Crippen LogP) is 2.74. The van der Waals surface area contributed by atoms with Gasteiger partial charge in [0, 0.05) is 17.5 Å². The lowest BCUT2D eigenvalue weighted by atomic mass is 10.2. The summed E-state index contributed by atoms with van der Waals surface area (Å²) in [7, 11) is 0. The van der Waals surface area contributed by atoms with E-state index in [1.54, 1.807) is 11.3 Å². The summed E-state index contributed by atoms with van der Waals surface area (Å²) in [4.78, 5) is 5.79. The van der Waals surface area contributed by atoms with Crippen LogP contribution in [-0.2, 0) is 13.0 Å². The molecule has 14 heavy (non-hydrogen) atoms. The number of hydrogen-bond donors (Lipinski definition) is 1. The minimum atomic E-state index is 0.766. The molecule has 0 amide bonds. The zero-order valence-electron chi connectivity index (χ0n) is 8.75. The number of hydrogen-bond acceptors (Lipinski definition) is 3. The molecule has 0 saturated heterocycles. The third kappa shape index (κ3) is 2.34. The van der Waals surface area contributed by atoms with E-state index < -0.39 is 0 Å². The number of aryl methyl sites for hydroxylation is 1. The van der Waals surface area contributed by atoms with Crippen LogP contribution >= 0.6 is 11.3 Å². The molecular weight excluding hydrogens is 192 g/mol. The quantitative estimate of drug-likeness (QED) is 0.826. The number of thiazole rings is 1. The van der Waals surface area contributed by atoms with E-state index in [-0.39, 0.29) is 0 Å². The van der Waals surface area contributed by atoms with Crippen molar-refractivity contribution in [2.45, 2.75) is 51.6 Å². The van der Waals surface area contributed by atoms with Crippen LogP contribution in [0.15, 0.2) is 5.51 Å². The first-order valence-electron chi connectivity index (χ1n) is 5.54. The summed E-state index contributed by atoms with van der Waals surface area (Å²) in [5.74, 6) is 0. The van der Waals surface area contributed by atoms with Crippen molar-refractivity contribution in [3.8, 4) is 0 Å². The van der Waals surface area contributed by atoms with Crippen molar-refractivity contribution in [3.05, 3.63) is 16.1 Å². The lowest BCUT2D eigenvalue weighted by molar-refractivity contribution is 0.525. The van der Waals surface area contributed by atoms with Gasteiger partial charge in [-0.2, -0.15) is 0 Å². The van der Waals surface area contributed by atoms with Crippen LogP contribution in [0.5, 0.6) is 0 Å². The van der Waals surface area contributed by atoms with Crippen molar-refractivity contribution < 1.29 is 0 Å². The highest BCUT2D eigenvalue weighted by Crippen LogP contribution is 2.19. The molecule has 78 valence electrons. The van der Waals surface area contributed by atoms with E-state index in [0.29, 0.717) is 0 Å². The van der Waals surface area contributed by atoms with Gasteiger partial charge in [-0.05, 0) is 19.3 Å². The molecule has 3 heteroatoms. The van der Waals surface area contributed by atoms with E-state index in [4.69, 9.17) is 0 Å². The van der Waals surface area contributed by atoms with Crippen molar-refractivity contribution >= 4 is 11.3 Å². The van der Waals surface area contributed by atoms with Gasteiger partial charge in [-0.15, -0.1) is 11.3 Å². The maximum atomic E-state index is 4.36. The Morgan fingerprint density at radius 3 is 3.00 bits per heavy atom. The fourth-order valence-electron chi connectivity index (χ4n) is 2.09. The summed E-state index contributed by atoms with van der Waals surface area (Å²) in [6.07, 6.45) is 6.59. The molecule has 0 aliphatic heterocycles. The van der Waals surface area contributed by atoms with Crippen molar-refractivity contribution in [3.63, 3.8) is 0 Å². The highest BCUT2D eigenvalue weighted by atomic mass is 32.1. The topological polar surface area (TPSA) is 24.9 Å². The predicted molar refractivity (Wildman–Crippen MR) is 60.6 cm³/mol. The largest absolute Gasteiger partial charge is 0.309 e. The Labute approximate surface area is 89.8 Å². The summed E-state index contributed by atoms with van der Waals surface area (Å²) in [5, 5.41) is 3.63. The van der Waals surface area contributed by atoms with E-state index in [1.165, 1.54) is 36.3 Å². The smallest absolute Gasteiger partial charge is 0.0798 e. The van der Waals surface area contributed by atoms with Crippen LogP contribution in [0.4, 0.5) is 0 Å². The molecule has 2 rings (SSSR count). The summed E-state index contributed by atoms with van der Waals surface area (Å²) >= 11 is 1.78. The first-order chi connectivity index (χ1) is 6.90. The Kier molecular flexibility index (Phi) is 3.54. The van der Waals surface area contributed by atoms with Gasteiger partial charge in [0.15, 0.2) is 0 Å². The molecule has 1 fully saturated rings. The van der Waals surface area contributed by atoms with Gasteiger partial charge in [0.25, 0.3) is 0 Å². The minimum absolute atomic E-state index is 0.766. The minimum Gasteiger partial charge on any atom is -0.309 e. The first-order valence-corrected chi connectivity index (χ1v) is 6.42. The molecule has 0 atom stereocenters. The third-order valence-electron chi connectivity index (χ3n) is 2.97. The molecular formula is C11H18N2S. The van der Waals surface area contributed by atoms with Gasteiger partial charge >= 0.3 is 0 Å². The molecule has 1 saturated carbocycles. The van der Waals surface area contributed by atoms with Crippen molar-refractivity contribution in [1.82, 2.24) is 10.3 Å². The third-order valence-corrected chi connectivity index (χ3v) is 3.84. The number of rotatable bonds is 4. The van der Waals surface area contributed by atoms with E-state index in [9.17, 15) is 0 Å². The van der Waals surface area contributed by atoms with Crippen molar-refractivity contribution in [2.75, 3.05) is 0 Å². The molecule has 0 radical (unpaired) electrons. The maximum absolute atomic E-state index is 4.36. The monoisotopic (exact) mass is 210 g/mol. The second-order valence-corrected chi connectivity index (χ2v) is 4.88. The summed E-state index contributed by atoms with van der Waals surface area (Å²) in [6.45, 7) is 3.20. The average Bonchev–Trinajstić information content (AvgIpc) is 2.85. The Bertz CT molecular complexity index is 277. The fraction of sp³-hybridized carbons (Fsp3) is 0.727. The van der Waals surface area contributed by atoms with Gasteiger partial charge in [0.2, 0.25) is 0 Å². The van der Waals surface area contributed by atoms with E-state index in [2.05, 4.69) is 17.2 Å². The van der Waals surface area contributed by atoms with Crippen LogP contribution in [0.2, 0.25) is 0 Å². The molecule has 1 aromatic rings. The van der Waals surface area contributed by atoms with E-state index in [1.807, 2.05) is 5.51 Å². The van der Waals surface area contributed by atoms with Gasteiger partial charge in [-0.3, -0.25) is 0 Å². The zero-order valence-corrected chi connectivity index (χ0v) is 9.57. The summed E-state index contributed by atoms with van der Waals surface area (Å²) < 4.78 is 0. The molecule has 0 bridgehead atoms. The highest BCUT2D eigenvalue weighted by molar-refractivity contribution is 7.09. The van der Waals surface area contributed by atoms with Crippen LogP contribution in [-0.4, -0.2) is 11.0 Å². The highest BCUT2D eigenvalue weighted by Gasteiger charge is 2.14. The molecule has 1 N–H and O–H groups in total. The molecule has 1 aliphatic rings. The molecule has 0 aromatic carbocycles. The fourth-order valence-corrected chi connectivity index (χ4v) is 2.90. The van der Waals surface area contributed by atoms with Gasteiger partial charge < -0.3 is 5.32 Å².